The normalized spacial score (nSPS) is 13.0. The van der Waals surface area contributed by atoms with Crippen LogP contribution < -0.4 is 4.72 Å². The van der Waals surface area contributed by atoms with Gasteiger partial charge in [-0.25, -0.2) is 17.5 Å². The summed E-state index contributed by atoms with van der Waals surface area (Å²) in [5, 5.41) is 0.909. The first-order valence-corrected chi connectivity index (χ1v) is 8.15. The van der Waals surface area contributed by atoms with E-state index in [1.807, 2.05) is 20.0 Å². The number of benzene rings is 1. The zero-order valence-corrected chi connectivity index (χ0v) is 12.6. The predicted molar refractivity (Wildman–Crippen MR) is 78.7 cm³/mol. The van der Waals surface area contributed by atoms with Gasteiger partial charge in [-0.15, -0.1) is 0 Å². The number of aromatic amines is 1. The number of nitrogens with one attached hydrogen (secondary N) is 2. The Morgan fingerprint density at radius 2 is 2.05 bits per heavy atom. The molecule has 6 heteroatoms. The van der Waals surface area contributed by atoms with Gasteiger partial charge in [0.25, 0.3) is 0 Å². The Kier molecular flexibility index (Phi) is 3.88. The minimum Gasteiger partial charge on any atom is -0.361 e. The van der Waals surface area contributed by atoms with Crippen LogP contribution in [-0.2, 0) is 15.4 Å². The highest BCUT2D eigenvalue weighted by Crippen LogP contribution is 2.30. The molecule has 20 heavy (non-hydrogen) atoms. The molecular formula is C14H19FN2O2S. The summed E-state index contributed by atoms with van der Waals surface area (Å²) in [6.07, 6.45) is 1.81. The first-order chi connectivity index (χ1) is 9.25. The summed E-state index contributed by atoms with van der Waals surface area (Å²) in [5.41, 5.74) is 1.29. The minimum atomic E-state index is -3.22. The van der Waals surface area contributed by atoms with E-state index in [0.29, 0.717) is 12.1 Å². The van der Waals surface area contributed by atoms with E-state index in [1.54, 1.807) is 13.0 Å². The van der Waals surface area contributed by atoms with Crippen molar-refractivity contribution in [2.75, 3.05) is 12.3 Å². The van der Waals surface area contributed by atoms with Crippen molar-refractivity contribution < 1.29 is 12.8 Å². The van der Waals surface area contributed by atoms with Gasteiger partial charge in [0.2, 0.25) is 10.0 Å². The van der Waals surface area contributed by atoms with Crippen LogP contribution in [0.2, 0.25) is 0 Å². The van der Waals surface area contributed by atoms with Crippen molar-refractivity contribution in [3.8, 4) is 0 Å². The molecule has 0 saturated carbocycles. The highest BCUT2D eigenvalue weighted by Gasteiger charge is 2.25. The van der Waals surface area contributed by atoms with E-state index in [9.17, 15) is 12.8 Å². The van der Waals surface area contributed by atoms with Crippen LogP contribution in [0.5, 0.6) is 0 Å². The van der Waals surface area contributed by atoms with E-state index in [4.69, 9.17) is 0 Å². The molecule has 4 nitrogen and oxygen atoms in total. The van der Waals surface area contributed by atoms with Crippen molar-refractivity contribution in [1.82, 2.24) is 9.71 Å². The molecule has 0 unspecified atom stereocenters. The van der Waals surface area contributed by atoms with Gasteiger partial charge in [-0.2, -0.15) is 0 Å². The first kappa shape index (κ1) is 15.0. The van der Waals surface area contributed by atoms with Gasteiger partial charge in [-0.05, 0) is 30.7 Å². The number of aromatic nitrogens is 1. The first-order valence-electron chi connectivity index (χ1n) is 6.49. The third kappa shape index (κ3) is 3.02. The van der Waals surface area contributed by atoms with Crippen molar-refractivity contribution in [1.29, 1.82) is 0 Å². The predicted octanol–water partition coefficient (Wildman–Crippen LogP) is 2.52. The van der Waals surface area contributed by atoms with E-state index in [2.05, 4.69) is 9.71 Å². The molecule has 0 aliphatic rings. The lowest BCUT2D eigenvalue weighted by atomic mass is 9.85. The second-order valence-electron chi connectivity index (χ2n) is 5.50. The van der Waals surface area contributed by atoms with Crippen LogP contribution in [0.15, 0.2) is 24.4 Å². The topological polar surface area (TPSA) is 62.0 Å². The van der Waals surface area contributed by atoms with Gasteiger partial charge in [0.05, 0.1) is 5.75 Å². The molecule has 1 heterocycles. The molecular weight excluding hydrogens is 279 g/mol. The molecule has 0 saturated heterocycles. The summed E-state index contributed by atoms with van der Waals surface area (Å²) in [6, 6.07) is 4.56. The van der Waals surface area contributed by atoms with E-state index < -0.39 is 15.4 Å². The summed E-state index contributed by atoms with van der Waals surface area (Å²) in [7, 11) is -3.22. The molecule has 110 valence electrons. The number of hydrogen-bond acceptors (Lipinski definition) is 2. The lowest BCUT2D eigenvalue weighted by Gasteiger charge is -2.24. The number of fused-ring (bicyclic) bond motifs is 1. The summed E-state index contributed by atoms with van der Waals surface area (Å²) in [6.45, 7) is 5.81. The van der Waals surface area contributed by atoms with Gasteiger partial charge >= 0.3 is 0 Å². The fraction of sp³-hybridized carbons (Fsp3) is 0.429. The van der Waals surface area contributed by atoms with E-state index in [1.165, 1.54) is 12.1 Å². The lowest BCUT2D eigenvalue weighted by molar-refractivity contribution is 0.505. The van der Waals surface area contributed by atoms with E-state index in [-0.39, 0.29) is 11.6 Å². The quantitative estimate of drug-likeness (QED) is 0.891. The lowest BCUT2D eigenvalue weighted by Crippen LogP contribution is -2.37. The van der Waals surface area contributed by atoms with Crippen molar-refractivity contribution in [3.05, 3.63) is 35.8 Å². The molecule has 0 aliphatic carbocycles. The molecule has 0 atom stereocenters. The van der Waals surface area contributed by atoms with Gasteiger partial charge < -0.3 is 4.98 Å². The summed E-state index contributed by atoms with van der Waals surface area (Å²) in [4.78, 5) is 3.03. The molecule has 0 aliphatic heterocycles. The third-order valence-corrected chi connectivity index (χ3v) is 4.83. The molecule has 0 fully saturated rings. The van der Waals surface area contributed by atoms with Crippen molar-refractivity contribution >= 4 is 20.9 Å². The highest BCUT2D eigenvalue weighted by molar-refractivity contribution is 7.89. The van der Waals surface area contributed by atoms with Crippen molar-refractivity contribution in [2.24, 2.45) is 0 Å². The Labute approximate surface area is 118 Å². The van der Waals surface area contributed by atoms with Crippen LogP contribution in [-0.4, -0.2) is 25.7 Å². The second-order valence-corrected chi connectivity index (χ2v) is 7.60. The van der Waals surface area contributed by atoms with Crippen LogP contribution >= 0.6 is 0 Å². The van der Waals surface area contributed by atoms with Crippen LogP contribution in [0.3, 0.4) is 0 Å². The number of rotatable bonds is 5. The van der Waals surface area contributed by atoms with Crippen LogP contribution in [0.25, 0.3) is 10.9 Å². The molecule has 0 amide bonds. The monoisotopic (exact) mass is 298 g/mol. The van der Waals surface area contributed by atoms with Crippen molar-refractivity contribution in [2.45, 2.75) is 26.2 Å². The smallest absolute Gasteiger partial charge is 0.211 e. The minimum absolute atomic E-state index is 0.0577. The molecule has 1 aromatic heterocycles. The van der Waals surface area contributed by atoms with Gasteiger partial charge in [-0.3, -0.25) is 0 Å². The fourth-order valence-corrected chi connectivity index (χ4v) is 2.93. The Bertz CT molecular complexity index is 720. The average Bonchev–Trinajstić information content (AvgIpc) is 2.80. The molecule has 2 rings (SSSR count). The van der Waals surface area contributed by atoms with E-state index >= 15 is 0 Å². The van der Waals surface area contributed by atoms with Gasteiger partial charge in [0.15, 0.2) is 0 Å². The molecule has 1 aromatic carbocycles. The standard InChI is InChI=1S/C14H19FN2O2S/c1-4-20(18,19)17-9-14(2,3)12-8-16-13-7-10(15)5-6-11(12)13/h5-8,16-17H,4,9H2,1-3H3. The maximum absolute atomic E-state index is 13.2. The highest BCUT2D eigenvalue weighted by atomic mass is 32.2. The van der Waals surface area contributed by atoms with Crippen LogP contribution in [0, 0.1) is 5.82 Å². The summed E-state index contributed by atoms with van der Waals surface area (Å²) in [5.74, 6) is -0.238. The molecule has 2 N–H and O–H groups in total. The zero-order valence-electron chi connectivity index (χ0n) is 11.8. The Hall–Kier alpha value is -1.40. The average molecular weight is 298 g/mol. The maximum atomic E-state index is 13.2. The Morgan fingerprint density at radius 1 is 1.35 bits per heavy atom. The Morgan fingerprint density at radius 3 is 2.70 bits per heavy atom. The zero-order chi connectivity index (χ0) is 15.0. The summed E-state index contributed by atoms with van der Waals surface area (Å²) < 4.78 is 38.9. The Balaban J connectivity index is 2.32. The molecule has 0 spiro atoms. The van der Waals surface area contributed by atoms with Gasteiger partial charge in [0, 0.05) is 29.1 Å². The summed E-state index contributed by atoms with van der Waals surface area (Å²) >= 11 is 0. The number of H-pyrrole nitrogens is 1. The number of hydrogen-bond donors (Lipinski definition) is 2. The maximum Gasteiger partial charge on any atom is 0.211 e. The largest absolute Gasteiger partial charge is 0.361 e. The molecule has 0 radical (unpaired) electrons. The van der Waals surface area contributed by atoms with E-state index in [0.717, 1.165) is 10.9 Å². The third-order valence-electron chi connectivity index (χ3n) is 3.49. The van der Waals surface area contributed by atoms with Crippen molar-refractivity contribution in [3.63, 3.8) is 0 Å². The van der Waals surface area contributed by atoms with Gasteiger partial charge in [0.1, 0.15) is 5.82 Å². The second kappa shape index (κ2) is 5.18. The SMILES string of the molecule is CCS(=O)(=O)NCC(C)(C)c1c[nH]c2cc(F)ccc12. The molecule has 2 aromatic rings. The fourth-order valence-electron chi connectivity index (χ4n) is 2.15. The number of sulfonamides is 1. The van der Waals surface area contributed by atoms with Gasteiger partial charge in [-0.1, -0.05) is 13.8 Å². The molecule has 0 bridgehead atoms. The van der Waals surface area contributed by atoms with Crippen LogP contribution in [0.4, 0.5) is 4.39 Å². The number of halogens is 1. The van der Waals surface area contributed by atoms with Crippen LogP contribution in [0.1, 0.15) is 26.3 Å².